The molecule has 0 saturated carbocycles. The van der Waals surface area contributed by atoms with Crippen LogP contribution in [0.4, 0.5) is 0 Å². The number of allylic oxidation sites excluding steroid dienone is 1. The van der Waals surface area contributed by atoms with E-state index < -0.39 is 0 Å². The Morgan fingerprint density at radius 3 is 2.92 bits per heavy atom. The monoisotopic (exact) mass is 168 g/mol. The van der Waals surface area contributed by atoms with Crippen molar-refractivity contribution in [3.8, 4) is 6.07 Å². The smallest absolute Gasteiger partial charge is 0.332 e. The van der Waals surface area contributed by atoms with Crippen LogP contribution in [0.25, 0.3) is 0 Å². The lowest BCUT2D eigenvalue weighted by molar-refractivity contribution is -0.137. The predicted octanol–water partition coefficient (Wildman–Crippen LogP) is 0.566. The fourth-order valence-corrected chi connectivity index (χ4v) is 0.591. The molecule has 66 valence electrons. The van der Waals surface area contributed by atoms with E-state index in [9.17, 15) is 4.79 Å². The highest BCUT2D eigenvalue weighted by atomic mass is 16.5. The molecular formula is C8H12N2O2. The number of nitrogens with zero attached hydrogens (tertiary/aromatic N) is 1. The van der Waals surface area contributed by atoms with Crippen molar-refractivity contribution in [3.05, 3.63) is 11.8 Å². The number of nitrogens with one attached hydrogen (secondary N) is 1. The number of ether oxygens (including phenoxy) is 1. The fourth-order valence-electron chi connectivity index (χ4n) is 0.591. The first-order chi connectivity index (χ1) is 5.70. The van der Waals surface area contributed by atoms with Crippen LogP contribution in [0.1, 0.15) is 13.8 Å². The number of rotatable bonds is 4. The van der Waals surface area contributed by atoms with E-state index in [1.165, 1.54) is 6.08 Å². The summed E-state index contributed by atoms with van der Waals surface area (Å²) in [5.41, 5.74) is 0.634. The number of hydrogen-bond acceptors (Lipinski definition) is 4. The van der Waals surface area contributed by atoms with Gasteiger partial charge in [-0.25, -0.2) is 4.79 Å². The summed E-state index contributed by atoms with van der Waals surface area (Å²) < 4.78 is 4.65. The molecule has 0 radical (unpaired) electrons. The number of carbonyl (C=O) groups is 1. The van der Waals surface area contributed by atoms with E-state index in [1.807, 2.05) is 6.07 Å². The average Bonchev–Trinajstić information content (AvgIpc) is 2.01. The minimum absolute atomic E-state index is 0.196. The third-order valence-corrected chi connectivity index (χ3v) is 1.07. The second-order valence-corrected chi connectivity index (χ2v) is 2.09. The highest BCUT2D eigenvalue weighted by molar-refractivity contribution is 5.82. The lowest BCUT2D eigenvalue weighted by Gasteiger charge is -2.00. The predicted molar refractivity (Wildman–Crippen MR) is 44.0 cm³/mol. The molecule has 0 fully saturated rings. The van der Waals surface area contributed by atoms with Gasteiger partial charge in [0, 0.05) is 11.8 Å². The Bertz CT molecular complexity index is 216. The molecule has 0 heterocycles. The molecule has 4 nitrogen and oxygen atoms in total. The molecule has 0 aliphatic rings. The highest BCUT2D eigenvalue weighted by Gasteiger charge is 1.96. The van der Waals surface area contributed by atoms with E-state index in [0.717, 1.165) is 0 Å². The Hall–Kier alpha value is -1.50. The number of esters is 1. The van der Waals surface area contributed by atoms with E-state index in [4.69, 9.17) is 5.26 Å². The van der Waals surface area contributed by atoms with Gasteiger partial charge < -0.3 is 10.1 Å². The number of carbonyl (C=O) groups excluding carboxylic acids is 1. The molecule has 4 heteroatoms. The first-order valence-corrected chi connectivity index (χ1v) is 3.66. The van der Waals surface area contributed by atoms with Gasteiger partial charge in [0.05, 0.1) is 12.7 Å². The molecule has 0 unspecified atom stereocenters. The summed E-state index contributed by atoms with van der Waals surface area (Å²) in [6.45, 7) is 4.00. The minimum Gasteiger partial charge on any atom is -0.463 e. The van der Waals surface area contributed by atoms with Crippen LogP contribution in [0.5, 0.6) is 0 Å². The van der Waals surface area contributed by atoms with Crippen molar-refractivity contribution in [2.24, 2.45) is 0 Å². The van der Waals surface area contributed by atoms with Gasteiger partial charge in [-0.15, -0.1) is 0 Å². The molecular weight excluding hydrogens is 156 g/mol. The van der Waals surface area contributed by atoms with E-state index in [2.05, 4.69) is 10.1 Å². The van der Waals surface area contributed by atoms with Crippen molar-refractivity contribution in [1.29, 1.82) is 5.26 Å². The van der Waals surface area contributed by atoms with Crippen molar-refractivity contribution in [2.75, 3.05) is 13.2 Å². The number of hydrogen-bond donors (Lipinski definition) is 1. The van der Waals surface area contributed by atoms with Gasteiger partial charge in [-0.2, -0.15) is 5.26 Å². The molecule has 0 aliphatic carbocycles. The molecule has 0 saturated heterocycles. The average molecular weight is 168 g/mol. The molecule has 1 N–H and O–H groups in total. The van der Waals surface area contributed by atoms with E-state index in [1.54, 1.807) is 13.8 Å². The van der Waals surface area contributed by atoms with Crippen molar-refractivity contribution in [1.82, 2.24) is 5.32 Å². The van der Waals surface area contributed by atoms with Crippen molar-refractivity contribution < 1.29 is 9.53 Å². The van der Waals surface area contributed by atoms with Crippen LogP contribution < -0.4 is 5.32 Å². The van der Waals surface area contributed by atoms with Gasteiger partial charge in [-0.3, -0.25) is 0 Å². The third-order valence-electron chi connectivity index (χ3n) is 1.07. The second-order valence-electron chi connectivity index (χ2n) is 2.09. The lowest BCUT2D eigenvalue weighted by atomic mass is 10.4. The van der Waals surface area contributed by atoms with Gasteiger partial charge in [0.15, 0.2) is 0 Å². The van der Waals surface area contributed by atoms with Crippen molar-refractivity contribution in [2.45, 2.75) is 13.8 Å². The quantitative estimate of drug-likeness (QED) is 0.378. The standard InChI is InChI=1S/C8H12N2O2/c1-3-12-8(11)6-7(2)10-5-4-9/h6,10H,3,5H2,1-2H3/b7-6+. The first kappa shape index (κ1) is 10.5. The zero-order valence-corrected chi connectivity index (χ0v) is 7.26. The van der Waals surface area contributed by atoms with Gasteiger partial charge in [-0.05, 0) is 13.8 Å². The SMILES string of the molecule is CCOC(=O)/C=C(\C)NCC#N. The van der Waals surface area contributed by atoms with Gasteiger partial charge >= 0.3 is 5.97 Å². The van der Waals surface area contributed by atoms with Crippen LogP contribution in [0.15, 0.2) is 11.8 Å². The van der Waals surface area contributed by atoms with Crippen molar-refractivity contribution in [3.63, 3.8) is 0 Å². The van der Waals surface area contributed by atoms with Crippen LogP contribution in [0.2, 0.25) is 0 Å². The summed E-state index contributed by atoms with van der Waals surface area (Å²) in [5.74, 6) is -0.388. The fraction of sp³-hybridized carbons (Fsp3) is 0.500. The number of nitriles is 1. The van der Waals surface area contributed by atoms with E-state index >= 15 is 0 Å². The molecule has 0 amide bonds. The molecule has 0 aromatic rings. The Kier molecular flexibility index (Phi) is 5.45. The van der Waals surface area contributed by atoms with Gasteiger partial charge in [0.1, 0.15) is 6.54 Å². The summed E-state index contributed by atoms with van der Waals surface area (Å²) in [6.07, 6.45) is 1.32. The molecule has 0 aromatic carbocycles. The zero-order valence-electron chi connectivity index (χ0n) is 7.26. The Morgan fingerprint density at radius 1 is 1.75 bits per heavy atom. The van der Waals surface area contributed by atoms with Gasteiger partial charge in [-0.1, -0.05) is 0 Å². The maximum absolute atomic E-state index is 10.8. The summed E-state index contributed by atoms with van der Waals surface area (Å²) in [5, 5.41) is 10.9. The van der Waals surface area contributed by atoms with Crippen molar-refractivity contribution >= 4 is 5.97 Å². The second kappa shape index (κ2) is 6.23. The van der Waals surface area contributed by atoms with Crippen LogP contribution in [-0.2, 0) is 9.53 Å². The molecule has 0 rings (SSSR count). The molecule has 0 atom stereocenters. The molecule has 0 bridgehead atoms. The maximum atomic E-state index is 10.8. The Balaban J connectivity index is 3.82. The third kappa shape index (κ3) is 5.30. The topological polar surface area (TPSA) is 62.1 Å². The highest BCUT2D eigenvalue weighted by Crippen LogP contribution is 1.88. The summed E-state index contributed by atoms with van der Waals surface area (Å²) in [4.78, 5) is 10.8. The van der Waals surface area contributed by atoms with Gasteiger partial charge in [0.25, 0.3) is 0 Å². The van der Waals surface area contributed by atoms with E-state index in [-0.39, 0.29) is 12.5 Å². The van der Waals surface area contributed by atoms with E-state index in [0.29, 0.717) is 12.3 Å². The van der Waals surface area contributed by atoms with Crippen LogP contribution >= 0.6 is 0 Å². The summed E-state index contributed by atoms with van der Waals surface area (Å²) in [7, 11) is 0. The summed E-state index contributed by atoms with van der Waals surface area (Å²) in [6, 6.07) is 1.90. The lowest BCUT2D eigenvalue weighted by Crippen LogP contribution is -2.13. The van der Waals surface area contributed by atoms with Crippen LogP contribution in [-0.4, -0.2) is 19.1 Å². The summed E-state index contributed by atoms with van der Waals surface area (Å²) >= 11 is 0. The molecule has 0 spiro atoms. The Morgan fingerprint density at radius 2 is 2.42 bits per heavy atom. The first-order valence-electron chi connectivity index (χ1n) is 3.66. The maximum Gasteiger partial charge on any atom is 0.332 e. The molecule has 12 heavy (non-hydrogen) atoms. The van der Waals surface area contributed by atoms with Gasteiger partial charge in [0.2, 0.25) is 0 Å². The van der Waals surface area contributed by atoms with Crippen LogP contribution in [0.3, 0.4) is 0 Å². The Labute approximate surface area is 71.8 Å². The molecule has 0 aliphatic heterocycles. The molecule has 0 aromatic heterocycles. The zero-order chi connectivity index (χ0) is 9.40. The minimum atomic E-state index is -0.388. The van der Waals surface area contributed by atoms with Crippen LogP contribution in [0, 0.1) is 11.3 Å². The largest absolute Gasteiger partial charge is 0.463 e. The normalized spacial score (nSPS) is 10.2.